The molecule has 2 aromatic rings. The average molecular weight is 368 g/mol. The van der Waals surface area contributed by atoms with Gasteiger partial charge in [0, 0.05) is 24.4 Å². The highest BCUT2D eigenvalue weighted by Crippen LogP contribution is 2.31. The minimum absolute atomic E-state index is 0.635. The first kappa shape index (κ1) is 19.0. The second-order valence-corrected chi connectivity index (χ2v) is 6.69. The predicted octanol–water partition coefficient (Wildman–Crippen LogP) is 4.85. The van der Waals surface area contributed by atoms with Gasteiger partial charge in [0.15, 0.2) is 0 Å². The van der Waals surface area contributed by atoms with Crippen LogP contribution < -0.4 is 20.1 Å². The van der Waals surface area contributed by atoms with Crippen LogP contribution in [0.15, 0.2) is 35.9 Å². The first-order chi connectivity index (χ1) is 13.2. The fraction of sp³-hybridized carbons (Fsp3) is 0.429. The molecule has 0 aliphatic heterocycles. The van der Waals surface area contributed by atoms with E-state index in [9.17, 15) is 0 Å². The third kappa shape index (κ3) is 5.36. The zero-order chi connectivity index (χ0) is 19.1. The van der Waals surface area contributed by atoms with Crippen molar-refractivity contribution in [2.24, 2.45) is 0 Å². The summed E-state index contributed by atoms with van der Waals surface area (Å²) in [7, 11) is 3.29. The first-order valence-corrected chi connectivity index (χ1v) is 9.44. The highest BCUT2D eigenvalue weighted by molar-refractivity contribution is 5.67. The van der Waals surface area contributed by atoms with Gasteiger partial charge >= 0.3 is 0 Å². The van der Waals surface area contributed by atoms with Gasteiger partial charge in [-0.25, -0.2) is 4.98 Å². The summed E-state index contributed by atoms with van der Waals surface area (Å²) < 4.78 is 10.7. The summed E-state index contributed by atoms with van der Waals surface area (Å²) in [6.07, 6.45) is 8.49. The zero-order valence-corrected chi connectivity index (χ0v) is 16.3. The van der Waals surface area contributed by atoms with E-state index in [0.717, 1.165) is 35.8 Å². The number of anilines is 3. The van der Waals surface area contributed by atoms with Gasteiger partial charge in [-0.05, 0) is 51.2 Å². The van der Waals surface area contributed by atoms with Crippen LogP contribution >= 0.6 is 0 Å². The monoisotopic (exact) mass is 368 g/mol. The second-order valence-electron chi connectivity index (χ2n) is 6.69. The number of allylic oxidation sites excluding steroid dienone is 1. The SMILES string of the molecule is COc1ccc(OC)c(Nc2cc(C)nc(NCCC3=CCCCC3)n2)c1. The number of nitrogens with one attached hydrogen (secondary N) is 2. The molecule has 0 saturated carbocycles. The maximum absolute atomic E-state index is 5.43. The molecule has 1 heterocycles. The molecule has 0 saturated heterocycles. The standard InChI is InChI=1S/C21H28N4O2/c1-15-13-20(24-18-14-17(26-2)9-10-19(18)27-3)25-21(23-15)22-12-11-16-7-5-4-6-8-16/h7,9-10,13-14H,4-6,8,11-12H2,1-3H3,(H2,22,23,24,25). The third-order valence-electron chi connectivity index (χ3n) is 4.64. The van der Waals surface area contributed by atoms with Crippen molar-refractivity contribution in [3.63, 3.8) is 0 Å². The lowest BCUT2D eigenvalue weighted by atomic mass is 9.97. The van der Waals surface area contributed by atoms with Gasteiger partial charge in [0.05, 0.1) is 19.9 Å². The van der Waals surface area contributed by atoms with E-state index < -0.39 is 0 Å². The van der Waals surface area contributed by atoms with Crippen LogP contribution in [0, 0.1) is 6.92 Å². The van der Waals surface area contributed by atoms with E-state index in [1.165, 1.54) is 25.7 Å². The number of ether oxygens (including phenoxy) is 2. The smallest absolute Gasteiger partial charge is 0.224 e. The van der Waals surface area contributed by atoms with Gasteiger partial charge in [-0.1, -0.05) is 11.6 Å². The Morgan fingerprint density at radius 3 is 2.70 bits per heavy atom. The van der Waals surface area contributed by atoms with Crippen LogP contribution in [-0.4, -0.2) is 30.7 Å². The fourth-order valence-electron chi connectivity index (χ4n) is 3.23. The van der Waals surface area contributed by atoms with E-state index in [1.54, 1.807) is 19.8 Å². The second kappa shape index (κ2) is 9.26. The molecule has 6 nitrogen and oxygen atoms in total. The third-order valence-corrected chi connectivity index (χ3v) is 4.64. The van der Waals surface area contributed by atoms with Crippen molar-refractivity contribution in [1.29, 1.82) is 0 Å². The molecule has 6 heteroatoms. The van der Waals surface area contributed by atoms with Crippen molar-refractivity contribution in [3.8, 4) is 11.5 Å². The van der Waals surface area contributed by atoms with Crippen molar-refractivity contribution in [3.05, 3.63) is 41.6 Å². The Bertz CT molecular complexity index is 805. The number of rotatable bonds is 8. The van der Waals surface area contributed by atoms with Gasteiger partial charge in [-0.3, -0.25) is 0 Å². The van der Waals surface area contributed by atoms with Crippen LogP contribution in [0.3, 0.4) is 0 Å². The molecule has 144 valence electrons. The molecule has 0 unspecified atom stereocenters. The number of hydrogen-bond donors (Lipinski definition) is 2. The Kier molecular flexibility index (Phi) is 6.52. The van der Waals surface area contributed by atoms with Gasteiger partial charge in [-0.15, -0.1) is 0 Å². The van der Waals surface area contributed by atoms with Crippen molar-refractivity contribution in [2.75, 3.05) is 31.4 Å². The maximum atomic E-state index is 5.43. The van der Waals surface area contributed by atoms with Crippen molar-refractivity contribution in [2.45, 2.75) is 39.0 Å². The normalized spacial score (nSPS) is 13.7. The number of aryl methyl sites for hydroxylation is 1. The number of nitrogens with zero attached hydrogens (tertiary/aromatic N) is 2. The lowest BCUT2D eigenvalue weighted by molar-refractivity contribution is 0.405. The van der Waals surface area contributed by atoms with Crippen LogP contribution in [-0.2, 0) is 0 Å². The van der Waals surface area contributed by atoms with Crippen molar-refractivity contribution >= 4 is 17.5 Å². The highest BCUT2D eigenvalue weighted by atomic mass is 16.5. The van der Waals surface area contributed by atoms with E-state index in [2.05, 4.69) is 26.7 Å². The predicted molar refractivity (Wildman–Crippen MR) is 109 cm³/mol. The van der Waals surface area contributed by atoms with E-state index in [4.69, 9.17) is 9.47 Å². The van der Waals surface area contributed by atoms with E-state index in [-0.39, 0.29) is 0 Å². The van der Waals surface area contributed by atoms with Crippen LogP contribution in [0.1, 0.15) is 37.8 Å². The summed E-state index contributed by atoms with van der Waals surface area (Å²) in [5.41, 5.74) is 3.24. The van der Waals surface area contributed by atoms with Crippen LogP contribution in [0.25, 0.3) is 0 Å². The minimum atomic E-state index is 0.635. The molecule has 1 aromatic carbocycles. The average Bonchev–Trinajstić information content (AvgIpc) is 2.68. The molecule has 0 bridgehead atoms. The van der Waals surface area contributed by atoms with Gasteiger partial charge in [0.1, 0.15) is 17.3 Å². The molecule has 2 N–H and O–H groups in total. The molecule has 0 fully saturated rings. The van der Waals surface area contributed by atoms with Crippen LogP contribution in [0.5, 0.6) is 11.5 Å². The lowest BCUT2D eigenvalue weighted by Crippen LogP contribution is -2.09. The molecule has 0 amide bonds. The summed E-state index contributed by atoms with van der Waals surface area (Å²) in [5.74, 6) is 2.83. The van der Waals surface area contributed by atoms with Gasteiger partial charge in [0.25, 0.3) is 0 Å². The summed E-state index contributed by atoms with van der Waals surface area (Å²) >= 11 is 0. The number of hydrogen-bond acceptors (Lipinski definition) is 6. The Morgan fingerprint density at radius 2 is 1.96 bits per heavy atom. The molecule has 3 rings (SSSR count). The number of methoxy groups -OCH3 is 2. The van der Waals surface area contributed by atoms with Gasteiger partial charge < -0.3 is 20.1 Å². The Balaban J connectivity index is 1.69. The van der Waals surface area contributed by atoms with Crippen LogP contribution in [0.4, 0.5) is 17.5 Å². The van der Waals surface area contributed by atoms with E-state index in [0.29, 0.717) is 11.8 Å². The zero-order valence-electron chi connectivity index (χ0n) is 16.3. The minimum Gasteiger partial charge on any atom is -0.497 e. The summed E-state index contributed by atoms with van der Waals surface area (Å²) in [6.45, 7) is 2.81. The van der Waals surface area contributed by atoms with Crippen molar-refractivity contribution < 1.29 is 9.47 Å². The number of benzene rings is 1. The summed E-state index contributed by atoms with van der Waals surface area (Å²) in [6, 6.07) is 7.53. The van der Waals surface area contributed by atoms with E-state index >= 15 is 0 Å². The molecular formula is C21H28N4O2. The Hall–Kier alpha value is -2.76. The maximum Gasteiger partial charge on any atom is 0.224 e. The summed E-state index contributed by atoms with van der Waals surface area (Å²) in [5, 5.41) is 6.66. The van der Waals surface area contributed by atoms with E-state index in [1.807, 2.05) is 31.2 Å². The number of aromatic nitrogens is 2. The molecule has 0 spiro atoms. The molecule has 0 atom stereocenters. The van der Waals surface area contributed by atoms with Gasteiger partial charge in [-0.2, -0.15) is 4.98 Å². The molecular weight excluding hydrogens is 340 g/mol. The topological polar surface area (TPSA) is 68.3 Å². The molecule has 1 aromatic heterocycles. The highest BCUT2D eigenvalue weighted by Gasteiger charge is 2.09. The lowest BCUT2D eigenvalue weighted by Gasteiger charge is -2.15. The van der Waals surface area contributed by atoms with Crippen molar-refractivity contribution in [1.82, 2.24) is 9.97 Å². The molecule has 1 aliphatic rings. The molecule has 0 radical (unpaired) electrons. The van der Waals surface area contributed by atoms with Gasteiger partial charge in [0.2, 0.25) is 5.95 Å². The molecule has 1 aliphatic carbocycles. The summed E-state index contributed by atoms with van der Waals surface area (Å²) in [4.78, 5) is 9.09. The largest absolute Gasteiger partial charge is 0.497 e. The molecule has 27 heavy (non-hydrogen) atoms. The Labute approximate surface area is 161 Å². The van der Waals surface area contributed by atoms with Crippen LogP contribution in [0.2, 0.25) is 0 Å². The quantitative estimate of drug-likeness (QED) is 0.649. The fourth-order valence-corrected chi connectivity index (χ4v) is 3.23. The first-order valence-electron chi connectivity index (χ1n) is 9.44. The Morgan fingerprint density at radius 1 is 1.07 bits per heavy atom.